The van der Waals surface area contributed by atoms with Gasteiger partial charge in [-0.05, 0) is 25.3 Å². The summed E-state index contributed by atoms with van der Waals surface area (Å²) in [6, 6.07) is 5.28. The molecule has 1 atom stereocenters. The summed E-state index contributed by atoms with van der Waals surface area (Å²) >= 11 is 0. The van der Waals surface area contributed by atoms with E-state index < -0.39 is 4.92 Å². The predicted molar refractivity (Wildman–Crippen MR) is 82.4 cm³/mol. The standard InChI is InChI=1S/C15H21N3O3/c1-10(2)6-4-7-11(3)16-15-17-14-12(18(19)20)8-5-9-13(14)21-15/h5,8-11H,4,6-7H2,1-3H3,(H,16,17). The lowest BCUT2D eigenvalue weighted by Gasteiger charge is -2.12. The average Bonchev–Trinajstić information content (AvgIpc) is 2.79. The molecular weight excluding hydrogens is 270 g/mol. The summed E-state index contributed by atoms with van der Waals surface area (Å²) in [5.41, 5.74) is 0.692. The van der Waals surface area contributed by atoms with Crippen LogP contribution in [0.1, 0.15) is 40.0 Å². The normalized spacial score (nSPS) is 12.8. The molecule has 6 nitrogen and oxygen atoms in total. The first-order valence-electron chi connectivity index (χ1n) is 7.28. The summed E-state index contributed by atoms with van der Waals surface area (Å²) in [5.74, 6) is 0.698. The summed E-state index contributed by atoms with van der Waals surface area (Å²) in [6.07, 6.45) is 3.33. The quantitative estimate of drug-likeness (QED) is 0.605. The smallest absolute Gasteiger partial charge is 0.298 e. The van der Waals surface area contributed by atoms with Crippen molar-refractivity contribution in [3.8, 4) is 0 Å². The largest absolute Gasteiger partial charge is 0.423 e. The van der Waals surface area contributed by atoms with Crippen LogP contribution in [-0.2, 0) is 0 Å². The van der Waals surface area contributed by atoms with E-state index in [0.717, 1.165) is 12.8 Å². The fraction of sp³-hybridized carbons (Fsp3) is 0.533. The van der Waals surface area contributed by atoms with E-state index in [-0.39, 0.29) is 11.7 Å². The fourth-order valence-corrected chi connectivity index (χ4v) is 2.26. The second-order valence-corrected chi connectivity index (χ2v) is 5.77. The zero-order valence-corrected chi connectivity index (χ0v) is 12.6. The molecule has 0 spiro atoms. The molecule has 1 N–H and O–H groups in total. The molecule has 2 aromatic rings. The van der Waals surface area contributed by atoms with Crippen LogP contribution in [0.4, 0.5) is 11.7 Å². The van der Waals surface area contributed by atoms with Gasteiger partial charge in [-0.1, -0.05) is 32.8 Å². The molecule has 1 unspecified atom stereocenters. The van der Waals surface area contributed by atoms with Crippen LogP contribution in [-0.4, -0.2) is 15.9 Å². The Morgan fingerprint density at radius 2 is 2.10 bits per heavy atom. The predicted octanol–water partition coefficient (Wildman–Crippen LogP) is 4.36. The lowest BCUT2D eigenvalue weighted by Crippen LogP contribution is -2.15. The van der Waals surface area contributed by atoms with Crippen molar-refractivity contribution in [2.75, 3.05) is 5.32 Å². The zero-order valence-electron chi connectivity index (χ0n) is 12.6. The molecule has 6 heteroatoms. The highest BCUT2D eigenvalue weighted by atomic mass is 16.6. The summed E-state index contributed by atoms with van der Waals surface area (Å²) < 4.78 is 5.53. The van der Waals surface area contributed by atoms with E-state index in [0.29, 0.717) is 23.0 Å². The molecule has 0 radical (unpaired) electrons. The molecule has 21 heavy (non-hydrogen) atoms. The number of aromatic nitrogens is 1. The highest BCUT2D eigenvalue weighted by molar-refractivity contribution is 5.84. The minimum atomic E-state index is -0.444. The Morgan fingerprint density at radius 3 is 2.76 bits per heavy atom. The monoisotopic (exact) mass is 291 g/mol. The van der Waals surface area contributed by atoms with Crippen molar-refractivity contribution in [2.45, 2.75) is 46.1 Å². The van der Waals surface area contributed by atoms with Gasteiger partial charge in [-0.2, -0.15) is 4.98 Å². The molecule has 2 rings (SSSR count). The van der Waals surface area contributed by atoms with Gasteiger partial charge in [0.1, 0.15) is 0 Å². The highest BCUT2D eigenvalue weighted by Crippen LogP contribution is 2.27. The van der Waals surface area contributed by atoms with Crippen LogP contribution in [0.15, 0.2) is 22.6 Å². The first kappa shape index (κ1) is 15.3. The van der Waals surface area contributed by atoms with Crippen LogP contribution >= 0.6 is 0 Å². The van der Waals surface area contributed by atoms with Crippen LogP contribution in [0, 0.1) is 16.0 Å². The van der Waals surface area contributed by atoms with Crippen molar-refractivity contribution in [1.29, 1.82) is 0 Å². The minimum absolute atomic E-state index is 0.0308. The Hall–Kier alpha value is -2.11. The maximum atomic E-state index is 11.0. The van der Waals surface area contributed by atoms with Crippen LogP contribution in [0.5, 0.6) is 0 Å². The summed E-state index contributed by atoms with van der Waals surface area (Å²) in [4.78, 5) is 14.7. The van der Waals surface area contributed by atoms with Gasteiger partial charge in [0.15, 0.2) is 11.1 Å². The molecule has 0 aliphatic heterocycles. The third kappa shape index (κ3) is 3.93. The number of anilines is 1. The van der Waals surface area contributed by atoms with E-state index in [1.54, 1.807) is 12.1 Å². The van der Waals surface area contributed by atoms with Gasteiger partial charge in [0.2, 0.25) is 0 Å². The summed E-state index contributed by atoms with van der Waals surface area (Å²) in [5, 5.41) is 14.1. The number of para-hydroxylation sites is 1. The van der Waals surface area contributed by atoms with E-state index >= 15 is 0 Å². The summed E-state index contributed by atoms with van der Waals surface area (Å²) in [7, 11) is 0. The maximum Gasteiger partial charge on any atom is 0.298 e. The molecular formula is C15H21N3O3. The van der Waals surface area contributed by atoms with Gasteiger partial charge in [0.25, 0.3) is 11.7 Å². The van der Waals surface area contributed by atoms with Gasteiger partial charge >= 0.3 is 0 Å². The van der Waals surface area contributed by atoms with Gasteiger partial charge < -0.3 is 9.73 Å². The van der Waals surface area contributed by atoms with E-state index in [1.165, 1.54) is 12.5 Å². The lowest BCUT2D eigenvalue weighted by atomic mass is 10.0. The third-order valence-electron chi connectivity index (χ3n) is 3.38. The molecule has 1 heterocycles. The zero-order chi connectivity index (χ0) is 15.4. The van der Waals surface area contributed by atoms with Crippen molar-refractivity contribution < 1.29 is 9.34 Å². The highest BCUT2D eigenvalue weighted by Gasteiger charge is 2.18. The van der Waals surface area contributed by atoms with Gasteiger partial charge in [-0.15, -0.1) is 0 Å². The van der Waals surface area contributed by atoms with Gasteiger partial charge in [-0.25, -0.2) is 0 Å². The Kier molecular flexibility index (Phi) is 4.77. The van der Waals surface area contributed by atoms with Crippen molar-refractivity contribution in [2.24, 2.45) is 5.92 Å². The van der Waals surface area contributed by atoms with E-state index in [9.17, 15) is 10.1 Å². The number of nitrogens with zero attached hydrogens (tertiary/aromatic N) is 2. The number of nitrogens with one attached hydrogen (secondary N) is 1. The van der Waals surface area contributed by atoms with Crippen LogP contribution < -0.4 is 5.32 Å². The summed E-state index contributed by atoms with van der Waals surface area (Å²) in [6.45, 7) is 6.47. The Labute approximate surface area is 123 Å². The minimum Gasteiger partial charge on any atom is -0.423 e. The van der Waals surface area contributed by atoms with E-state index in [4.69, 9.17) is 4.42 Å². The Balaban J connectivity index is 2.06. The van der Waals surface area contributed by atoms with Crippen molar-refractivity contribution in [3.63, 3.8) is 0 Å². The number of rotatable bonds is 7. The number of benzene rings is 1. The first-order valence-corrected chi connectivity index (χ1v) is 7.28. The van der Waals surface area contributed by atoms with Gasteiger partial charge in [0.05, 0.1) is 4.92 Å². The van der Waals surface area contributed by atoms with Gasteiger partial charge in [-0.3, -0.25) is 10.1 Å². The van der Waals surface area contributed by atoms with Crippen molar-refractivity contribution in [1.82, 2.24) is 4.98 Å². The number of oxazole rings is 1. The number of nitro benzene ring substituents is 1. The molecule has 0 fully saturated rings. The molecule has 0 saturated carbocycles. The molecule has 0 amide bonds. The van der Waals surface area contributed by atoms with Crippen LogP contribution in [0.25, 0.3) is 11.1 Å². The number of non-ortho nitro benzene ring substituents is 1. The number of hydrogen-bond acceptors (Lipinski definition) is 5. The fourth-order valence-electron chi connectivity index (χ4n) is 2.26. The van der Waals surface area contributed by atoms with E-state index in [1.807, 2.05) is 0 Å². The first-order chi connectivity index (χ1) is 9.97. The SMILES string of the molecule is CC(C)CCCC(C)Nc1nc2c([N+](=O)[O-])cccc2o1. The molecule has 0 aliphatic rings. The lowest BCUT2D eigenvalue weighted by molar-refractivity contribution is -0.383. The molecule has 0 saturated heterocycles. The van der Waals surface area contributed by atoms with Crippen LogP contribution in [0.3, 0.4) is 0 Å². The number of nitro groups is 1. The molecule has 0 aliphatic carbocycles. The van der Waals surface area contributed by atoms with Crippen molar-refractivity contribution >= 4 is 22.8 Å². The Bertz CT molecular complexity index is 622. The topological polar surface area (TPSA) is 81.2 Å². The second kappa shape index (κ2) is 6.56. The second-order valence-electron chi connectivity index (χ2n) is 5.77. The van der Waals surface area contributed by atoms with Crippen molar-refractivity contribution in [3.05, 3.63) is 28.3 Å². The number of hydrogen-bond donors (Lipinski definition) is 1. The third-order valence-corrected chi connectivity index (χ3v) is 3.38. The molecule has 1 aromatic heterocycles. The van der Waals surface area contributed by atoms with E-state index in [2.05, 4.69) is 31.1 Å². The van der Waals surface area contributed by atoms with Gasteiger partial charge in [0, 0.05) is 12.1 Å². The maximum absolute atomic E-state index is 11.0. The number of fused-ring (bicyclic) bond motifs is 1. The van der Waals surface area contributed by atoms with Crippen LogP contribution in [0.2, 0.25) is 0 Å². The molecule has 0 bridgehead atoms. The molecule has 1 aromatic carbocycles. The average molecular weight is 291 g/mol. The Morgan fingerprint density at radius 1 is 1.33 bits per heavy atom. The molecule has 114 valence electrons.